The van der Waals surface area contributed by atoms with E-state index >= 15 is 0 Å². The first kappa shape index (κ1) is 16.9. The molecule has 0 aromatic heterocycles. The average molecular weight is 244 g/mol. The second-order valence-corrected chi connectivity index (χ2v) is 4.83. The maximum Gasteiger partial charge on any atom is 0.0589 e. The summed E-state index contributed by atoms with van der Waals surface area (Å²) in [6.07, 6.45) is 4.99. The molecule has 0 aliphatic carbocycles. The lowest BCUT2D eigenvalue weighted by Crippen LogP contribution is -2.38. The minimum absolute atomic E-state index is 0.626. The van der Waals surface area contributed by atoms with Crippen LogP contribution in [0, 0.1) is 0 Å². The Morgan fingerprint density at radius 3 is 2.29 bits per heavy atom. The Balaban J connectivity index is 3.99. The predicted octanol–water partition coefficient (Wildman–Crippen LogP) is 2.51. The van der Waals surface area contributed by atoms with Gasteiger partial charge in [0.2, 0.25) is 0 Å². The highest BCUT2D eigenvalue weighted by atomic mass is 16.5. The van der Waals surface area contributed by atoms with Crippen LogP contribution in [0.25, 0.3) is 0 Å². The van der Waals surface area contributed by atoms with E-state index in [0.717, 1.165) is 19.2 Å². The van der Waals surface area contributed by atoms with Gasteiger partial charge in [-0.2, -0.15) is 0 Å². The summed E-state index contributed by atoms with van der Waals surface area (Å²) in [5.41, 5.74) is 0. The maximum absolute atomic E-state index is 5.21. The molecule has 0 aromatic rings. The van der Waals surface area contributed by atoms with E-state index in [1.165, 1.54) is 32.2 Å². The van der Waals surface area contributed by atoms with Gasteiger partial charge >= 0.3 is 0 Å². The van der Waals surface area contributed by atoms with Crippen molar-refractivity contribution in [1.82, 2.24) is 10.2 Å². The highest BCUT2D eigenvalue weighted by Crippen LogP contribution is 2.10. The van der Waals surface area contributed by atoms with Gasteiger partial charge in [-0.15, -0.1) is 0 Å². The third-order valence-corrected chi connectivity index (χ3v) is 3.62. The van der Waals surface area contributed by atoms with Crippen LogP contribution in [0.2, 0.25) is 0 Å². The predicted molar refractivity (Wildman–Crippen MR) is 75.6 cm³/mol. The van der Waals surface area contributed by atoms with Crippen LogP contribution in [0.5, 0.6) is 0 Å². The number of nitrogens with one attached hydrogen (secondary N) is 1. The van der Waals surface area contributed by atoms with Gasteiger partial charge in [0.1, 0.15) is 0 Å². The van der Waals surface area contributed by atoms with Gasteiger partial charge in [0.25, 0.3) is 0 Å². The highest BCUT2D eigenvalue weighted by Gasteiger charge is 2.14. The van der Waals surface area contributed by atoms with Crippen molar-refractivity contribution >= 4 is 0 Å². The summed E-state index contributed by atoms with van der Waals surface area (Å²) in [5.74, 6) is 0. The summed E-state index contributed by atoms with van der Waals surface area (Å²) < 4.78 is 5.21. The van der Waals surface area contributed by atoms with Gasteiger partial charge in [0.05, 0.1) is 6.61 Å². The molecule has 1 unspecified atom stereocenters. The monoisotopic (exact) mass is 244 g/mol. The van der Waals surface area contributed by atoms with Crippen LogP contribution in [0.1, 0.15) is 46.5 Å². The van der Waals surface area contributed by atoms with E-state index in [9.17, 15) is 0 Å². The van der Waals surface area contributed by atoms with Crippen LogP contribution in [0.4, 0.5) is 0 Å². The molecule has 3 heteroatoms. The fourth-order valence-electron chi connectivity index (χ4n) is 2.24. The molecule has 0 saturated heterocycles. The van der Waals surface area contributed by atoms with Gasteiger partial charge in [-0.3, -0.25) is 4.90 Å². The van der Waals surface area contributed by atoms with Crippen LogP contribution in [0.15, 0.2) is 0 Å². The standard InChI is InChI=1S/C14H32N2O/c1-6-14(7-2)16(11-12-17-5)10-8-9-13(3)15-4/h13-15H,6-12H2,1-5H3. The van der Waals surface area contributed by atoms with Crippen LogP contribution in [-0.4, -0.2) is 50.8 Å². The SMILES string of the molecule is CCC(CC)N(CCCC(C)NC)CCOC. The average Bonchev–Trinajstić information content (AvgIpc) is 2.36. The fraction of sp³-hybridized carbons (Fsp3) is 1.00. The molecule has 3 nitrogen and oxygen atoms in total. The maximum atomic E-state index is 5.21. The molecule has 0 aliphatic rings. The normalized spacial score (nSPS) is 13.6. The smallest absolute Gasteiger partial charge is 0.0589 e. The van der Waals surface area contributed by atoms with Crippen LogP contribution in [-0.2, 0) is 4.74 Å². The van der Waals surface area contributed by atoms with Gasteiger partial charge in [-0.05, 0) is 46.2 Å². The quantitative estimate of drug-likeness (QED) is 0.604. The van der Waals surface area contributed by atoms with E-state index < -0.39 is 0 Å². The van der Waals surface area contributed by atoms with Gasteiger partial charge < -0.3 is 10.1 Å². The molecule has 1 atom stereocenters. The van der Waals surface area contributed by atoms with Crippen molar-refractivity contribution in [3.8, 4) is 0 Å². The number of methoxy groups -OCH3 is 1. The van der Waals surface area contributed by atoms with Crippen LogP contribution >= 0.6 is 0 Å². The molecular weight excluding hydrogens is 212 g/mol. The van der Waals surface area contributed by atoms with Crippen molar-refractivity contribution in [2.24, 2.45) is 0 Å². The molecule has 0 rings (SSSR count). The van der Waals surface area contributed by atoms with Gasteiger partial charge in [-0.1, -0.05) is 13.8 Å². The molecule has 0 amide bonds. The van der Waals surface area contributed by atoms with Crippen LogP contribution < -0.4 is 5.32 Å². The van der Waals surface area contributed by atoms with E-state index in [0.29, 0.717) is 6.04 Å². The summed E-state index contributed by atoms with van der Waals surface area (Å²) in [5, 5.41) is 3.30. The number of hydrogen-bond acceptors (Lipinski definition) is 3. The zero-order valence-corrected chi connectivity index (χ0v) is 12.5. The van der Waals surface area contributed by atoms with Crippen molar-refractivity contribution in [2.45, 2.75) is 58.5 Å². The molecule has 0 bridgehead atoms. The molecule has 0 aliphatic heterocycles. The van der Waals surface area contributed by atoms with E-state index in [4.69, 9.17) is 4.74 Å². The second-order valence-electron chi connectivity index (χ2n) is 4.83. The molecule has 0 heterocycles. The van der Waals surface area contributed by atoms with Gasteiger partial charge in [0, 0.05) is 25.7 Å². The summed E-state index contributed by atoms with van der Waals surface area (Å²) >= 11 is 0. The summed E-state index contributed by atoms with van der Waals surface area (Å²) in [4.78, 5) is 2.59. The van der Waals surface area contributed by atoms with Gasteiger partial charge in [-0.25, -0.2) is 0 Å². The minimum Gasteiger partial charge on any atom is -0.383 e. The topological polar surface area (TPSA) is 24.5 Å². The lowest BCUT2D eigenvalue weighted by atomic mass is 10.1. The van der Waals surface area contributed by atoms with E-state index in [-0.39, 0.29) is 0 Å². The Bertz CT molecular complexity index is 160. The highest BCUT2D eigenvalue weighted by molar-refractivity contribution is 4.70. The largest absolute Gasteiger partial charge is 0.383 e. The van der Waals surface area contributed by atoms with E-state index in [2.05, 4.69) is 31.0 Å². The Morgan fingerprint density at radius 1 is 1.18 bits per heavy atom. The first-order chi connectivity index (χ1) is 8.19. The zero-order chi connectivity index (χ0) is 13.1. The summed E-state index contributed by atoms with van der Waals surface area (Å²) in [6, 6.07) is 1.34. The fourth-order valence-corrected chi connectivity index (χ4v) is 2.24. The molecule has 17 heavy (non-hydrogen) atoms. The van der Waals surface area contributed by atoms with Gasteiger partial charge in [0.15, 0.2) is 0 Å². The Kier molecular flexibility index (Phi) is 10.9. The third-order valence-electron chi connectivity index (χ3n) is 3.62. The van der Waals surface area contributed by atoms with Crippen molar-refractivity contribution in [3.63, 3.8) is 0 Å². The van der Waals surface area contributed by atoms with Crippen molar-refractivity contribution in [3.05, 3.63) is 0 Å². The first-order valence-corrected chi connectivity index (χ1v) is 7.09. The molecule has 0 aromatic carbocycles. The van der Waals surface area contributed by atoms with E-state index in [1.54, 1.807) is 7.11 Å². The summed E-state index contributed by atoms with van der Waals surface area (Å²) in [6.45, 7) is 9.92. The summed E-state index contributed by atoms with van der Waals surface area (Å²) in [7, 11) is 3.82. The molecule has 1 N–H and O–H groups in total. The van der Waals surface area contributed by atoms with Crippen molar-refractivity contribution in [2.75, 3.05) is 33.9 Å². The Labute approximate surface area is 108 Å². The second kappa shape index (κ2) is 11.0. The molecule has 0 saturated carbocycles. The number of nitrogens with zero attached hydrogens (tertiary/aromatic N) is 1. The molecule has 104 valence electrons. The third kappa shape index (κ3) is 7.74. The molecular formula is C14H32N2O. The molecule has 0 fully saturated rings. The number of rotatable bonds is 11. The Morgan fingerprint density at radius 2 is 1.82 bits per heavy atom. The van der Waals surface area contributed by atoms with Crippen molar-refractivity contribution in [1.29, 1.82) is 0 Å². The van der Waals surface area contributed by atoms with Crippen molar-refractivity contribution < 1.29 is 4.74 Å². The number of hydrogen-bond donors (Lipinski definition) is 1. The lowest BCUT2D eigenvalue weighted by Gasteiger charge is -2.30. The minimum atomic E-state index is 0.626. The zero-order valence-electron chi connectivity index (χ0n) is 12.5. The molecule has 0 spiro atoms. The Hall–Kier alpha value is -0.120. The number of ether oxygens (including phenoxy) is 1. The van der Waals surface area contributed by atoms with E-state index in [1.807, 2.05) is 7.05 Å². The lowest BCUT2D eigenvalue weighted by molar-refractivity contribution is 0.113. The van der Waals surface area contributed by atoms with Crippen LogP contribution in [0.3, 0.4) is 0 Å². The molecule has 0 radical (unpaired) electrons. The first-order valence-electron chi connectivity index (χ1n) is 7.09.